The van der Waals surface area contributed by atoms with Crippen molar-refractivity contribution in [3.8, 4) is 0 Å². The molecule has 0 bridgehead atoms. The topological polar surface area (TPSA) is 40.5 Å². The van der Waals surface area contributed by atoms with Crippen LogP contribution in [0, 0.1) is 51.8 Å². The van der Waals surface area contributed by atoms with Crippen molar-refractivity contribution >= 4 is 0 Å². The van der Waals surface area contributed by atoms with Gasteiger partial charge in [0, 0.05) is 0 Å². The van der Waals surface area contributed by atoms with E-state index in [0.29, 0.717) is 16.2 Å². The van der Waals surface area contributed by atoms with E-state index < -0.39 is 5.60 Å². The summed E-state index contributed by atoms with van der Waals surface area (Å²) in [5.74, 6) is 5.27. The molecule has 0 spiro atoms. The van der Waals surface area contributed by atoms with E-state index in [1.54, 1.807) is 0 Å². The summed E-state index contributed by atoms with van der Waals surface area (Å²) in [4.78, 5) is 0. The zero-order valence-corrected chi connectivity index (χ0v) is 22.8. The van der Waals surface area contributed by atoms with Crippen molar-refractivity contribution in [1.82, 2.24) is 0 Å². The molecule has 5 aliphatic rings. The third-order valence-electron chi connectivity index (χ3n) is 13.4. The van der Waals surface area contributed by atoms with Gasteiger partial charge < -0.3 is 10.2 Å². The van der Waals surface area contributed by atoms with E-state index >= 15 is 0 Å². The Morgan fingerprint density at radius 2 is 1.70 bits per heavy atom. The van der Waals surface area contributed by atoms with Crippen LogP contribution in [0.3, 0.4) is 0 Å². The van der Waals surface area contributed by atoms with E-state index in [4.69, 9.17) is 0 Å². The lowest BCUT2D eigenvalue weighted by Crippen LogP contribution is -2.59. The highest BCUT2D eigenvalue weighted by atomic mass is 16.3. The SMILES string of the molecule is CC[C@]1(O)CC[C@@]2(C)[C@@H](CC[C@@H]3[C@@H]2CC[C@@]2(C)[C@H]3C[C@H]3CC[C@]32[C@H](C)CCCC(C)(C)O)C1. The standard InChI is InChI=1S/C31H54O2/c1-7-30(33)18-17-28(5)23(20-30)10-11-24-25(28)13-15-29(6)26(24)19-22-12-16-31(22,29)21(2)9-8-14-27(3,4)32/h21-26,32-33H,7-20H2,1-6H3/t21-,22-,23+,24-,25+,26+,28+,29+,30+,31+/m1/s1. The Morgan fingerprint density at radius 3 is 2.33 bits per heavy atom. The largest absolute Gasteiger partial charge is 0.390 e. The lowest BCUT2D eigenvalue weighted by molar-refractivity contribution is -0.176. The molecule has 5 fully saturated rings. The average molecular weight is 459 g/mol. The predicted molar refractivity (Wildman–Crippen MR) is 137 cm³/mol. The van der Waals surface area contributed by atoms with Crippen LogP contribution in [0.5, 0.6) is 0 Å². The molecule has 5 aliphatic carbocycles. The van der Waals surface area contributed by atoms with Gasteiger partial charge in [-0.2, -0.15) is 0 Å². The van der Waals surface area contributed by atoms with Gasteiger partial charge in [0.15, 0.2) is 0 Å². The molecular weight excluding hydrogens is 404 g/mol. The molecule has 0 aliphatic heterocycles. The Hall–Kier alpha value is -0.0800. The molecule has 2 N–H and O–H groups in total. The first-order valence-corrected chi connectivity index (χ1v) is 14.8. The molecule has 2 nitrogen and oxygen atoms in total. The Bertz CT molecular complexity index is 740. The maximum absolute atomic E-state index is 11.1. The Kier molecular flexibility index (Phi) is 5.94. The van der Waals surface area contributed by atoms with E-state index in [2.05, 4.69) is 27.7 Å². The monoisotopic (exact) mass is 458 g/mol. The molecule has 0 aromatic carbocycles. The van der Waals surface area contributed by atoms with Gasteiger partial charge in [0.05, 0.1) is 11.2 Å². The summed E-state index contributed by atoms with van der Waals surface area (Å²) >= 11 is 0. The van der Waals surface area contributed by atoms with Gasteiger partial charge in [-0.3, -0.25) is 0 Å². The number of hydrogen-bond acceptors (Lipinski definition) is 2. The minimum atomic E-state index is -0.519. The van der Waals surface area contributed by atoms with Gasteiger partial charge in [-0.1, -0.05) is 40.5 Å². The van der Waals surface area contributed by atoms with Crippen LogP contribution in [0.15, 0.2) is 0 Å². The average Bonchev–Trinajstić information content (AvgIpc) is 2.90. The second-order valence-corrected chi connectivity index (χ2v) is 15.0. The third-order valence-corrected chi connectivity index (χ3v) is 13.4. The number of rotatable bonds is 6. The molecule has 0 radical (unpaired) electrons. The fourth-order valence-electron chi connectivity index (χ4n) is 11.3. The van der Waals surface area contributed by atoms with Gasteiger partial charge in [-0.05, 0) is 143 Å². The minimum Gasteiger partial charge on any atom is -0.390 e. The normalized spacial score (nSPS) is 52.2. The van der Waals surface area contributed by atoms with Gasteiger partial charge in [0.2, 0.25) is 0 Å². The molecule has 0 aromatic heterocycles. The van der Waals surface area contributed by atoms with Crippen LogP contribution in [0.2, 0.25) is 0 Å². The van der Waals surface area contributed by atoms with Gasteiger partial charge in [0.25, 0.3) is 0 Å². The molecule has 5 rings (SSSR count). The lowest BCUT2D eigenvalue weighted by atomic mass is 9.39. The maximum atomic E-state index is 11.1. The molecule has 0 aromatic rings. The van der Waals surface area contributed by atoms with Crippen molar-refractivity contribution in [3.63, 3.8) is 0 Å². The highest BCUT2D eigenvalue weighted by molar-refractivity contribution is 5.20. The van der Waals surface area contributed by atoms with Crippen molar-refractivity contribution < 1.29 is 10.2 Å². The Labute approximate surface area is 204 Å². The van der Waals surface area contributed by atoms with Crippen molar-refractivity contribution in [2.24, 2.45) is 51.8 Å². The van der Waals surface area contributed by atoms with E-state index in [1.165, 1.54) is 64.2 Å². The van der Waals surface area contributed by atoms with Gasteiger partial charge >= 0.3 is 0 Å². The number of fused-ring (bicyclic) bond motifs is 7. The Morgan fingerprint density at radius 1 is 0.939 bits per heavy atom. The fourth-order valence-corrected chi connectivity index (χ4v) is 11.3. The minimum absolute atomic E-state index is 0.380. The lowest BCUT2D eigenvalue weighted by Gasteiger charge is -2.65. The van der Waals surface area contributed by atoms with Crippen LogP contribution < -0.4 is 0 Å². The molecule has 190 valence electrons. The molecular formula is C31H54O2. The number of aliphatic hydroxyl groups is 2. The molecule has 2 heteroatoms. The summed E-state index contributed by atoms with van der Waals surface area (Å²) in [5, 5.41) is 21.3. The second kappa shape index (κ2) is 7.96. The smallest absolute Gasteiger partial charge is 0.0648 e. The van der Waals surface area contributed by atoms with E-state index in [0.717, 1.165) is 61.2 Å². The summed E-state index contributed by atoms with van der Waals surface area (Å²) in [6.45, 7) is 14.1. The van der Waals surface area contributed by atoms with Crippen molar-refractivity contribution in [2.75, 3.05) is 0 Å². The van der Waals surface area contributed by atoms with Crippen LogP contribution in [0.25, 0.3) is 0 Å². The quantitative estimate of drug-likeness (QED) is 0.427. The first kappa shape index (κ1) is 24.6. The second-order valence-electron chi connectivity index (χ2n) is 15.0. The van der Waals surface area contributed by atoms with Gasteiger partial charge in [0.1, 0.15) is 0 Å². The van der Waals surface area contributed by atoms with Crippen molar-refractivity contribution in [2.45, 2.75) is 143 Å². The van der Waals surface area contributed by atoms with Crippen LogP contribution in [-0.4, -0.2) is 21.4 Å². The van der Waals surface area contributed by atoms with E-state index in [1.807, 2.05) is 13.8 Å². The molecule has 0 saturated heterocycles. The first-order valence-electron chi connectivity index (χ1n) is 14.8. The van der Waals surface area contributed by atoms with Crippen LogP contribution in [0.1, 0.15) is 131 Å². The van der Waals surface area contributed by atoms with Gasteiger partial charge in [-0.25, -0.2) is 0 Å². The van der Waals surface area contributed by atoms with Crippen molar-refractivity contribution in [3.05, 3.63) is 0 Å². The summed E-state index contributed by atoms with van der Waals surface area (Å²) in [7, 11) is 0. The van der Waals surface area contributed by atoms with Crippen LogP contribution in [0.4, 0.5) is 0 Å². The molecule has 10 atom stereocenters. The maximum Gasteiger partial charge on any atom is 0.0648 e. The molecule has 0 heterocycles. The summed E-state index contributed by atoms with van der Waals surface area (Å²) in [6, 6.07) is 0. The zero-order chi connectivity index (χ0) is 23.9. The van der Waals surface area contributed by atoms with E-state index in [-0.39, 0.29) is 5.60 Å². The van der Waals surface area contributed by atoms with Crippen molar-refractivity contribution in [1.29, 1.82) is 0 Å². The summed E-state index contributed by atoms with van der Waals surface area (Å²) in [5.41, 5.74) is 0.685. The molecule has 0 amide bonds. The number of hydrogen-bond donors (Lipinski definition) is 2. The zero-order valence-electron chi connectivity index (χ0n) is 22.8. The Balaban J connectivity index is 1.35. The highest BCUT2D eigenvalue weighted by Crippen LogP contribution is 2.79. The molecule has 33 heavy (non-hydrogen) atoms. The summed E-state index contributed by atoms with van der Waals surface area (Å²) < 4.78 is 0. The fraction of sp³-hybridized carbons (Fsp3) is 1.00. The predicted octanol–water partition coefficient (Wildman–Crippen LogP) is 7.75. The highest BCUT2D eigenvalue weighted by Gasteiger charge is 2.71. The van der Waals surface area contributed by atoms with Crippen LogP contribution >= 0.6 is 0 Å². The molecule has 0 unspecified atom stereocenters. The third kappa shape index (κ3) is 3.53. The van der Waals surface area contributed by atoms with E-state index in [9.17, 15) is 10.2 Å². The first-order chi connectivity index (χ1) is 15.4. The van der Waals surface area contributed by atoms with Gasteiger partial charge in [-0.15, -0.1) is 0 Å². The summed E-state index contributed by atoms with van der Waals surface area (Å²) in [6.07, 6.45) is 17.8. The van der Waals surface area contributed by atoms with Crippen LogP contribution in [-0.2, 0) is 0 Å². The molecule has 5 saturated carbocycles.